The molecule has 170 valence electrons. The molecule has 0 atom stereocenters. The topological polar surface area (TPSA) is 75.2 Å². The van der Waals surface area contributed by atoms with Crippen LogP contribution in [0.1, 0.15) is 42.6 Å². The molecule has 6 heteroatoms. The van der Waals surface area contributed by atoms with Crippen LogP contribution in [0, 0.1) is 5.41 Å². The predicted molar refractivity (Wildman–Crippen MR) is 128 cm³/mol. The van der Waals surface area contributed by atoms with E-state index in [1.807, 2.05) is 43.0 Å². The summed E-state index contributed by atoms with van der Waals surface area (Å²) in [6.07, 6.45) is 8.70. The number of hydrogen-bond donors (Lipinski definition) is 1. The van der Waals surface area contributed by atoms with Gasteiger partial charge in [-0.1, -0.05) is 24.3 Å². The monoisotopic (exact) mass is 442 g/mol. The first-order chi connectivity index (χ1) is 16.0. The average molecular weight is 443 g/mol. The van der Waals surface area contributed by atoms with Gasteiger partial charge in [-0.3, -0.25) is 19.6 Å². The number of piperidine rings is 1. The molecule has 2 aromatic heterocycles. The molecular weight excluding hydrogens is 412 g/mol. The van der Waals surface area contributed by atoms with Gasteiger partial charge in [0.05, 0.1) is 5.41 Å². The van der Waals surface area contributed by atoms with Gasteiger partial charge in [-0.25, -0.2) is 0 Å². The second-order valence-corrected chi connectivity index (χ2v) is 9.01. The highest BCUT2D eigenvalue weighted by molar-refractivity contribution is 5.94. The number of carbonyl (C=O) groups is 2. The highest BCUT2D eigenvalue weighted by Gasteiger charge is 2.43. The van der Waals surface area contributed by atoms with Gasteiger partial charge in [0.1, 0.15) is 0 Å². The molecule has 1 aromatic carbocycles. The van der Waals surface area contributed by atoms with E-state index in [0.29, 0.717) is 37.9 Å². The van der Waals surface area contributed by atoms with Crippen molar-refractivity contribution in [2.45, 2.75) is 39.2 Å². The average Bonchev–Trinajstić information content (AvgIpc) is 2.85. The van der Waals surface area contributed by atoms with E-state index >= 15 is 0 Å². The van der Waals surface area contributed by atoms with E-state index in [0.717, 1.165) is 16.7 Å². The van der Waals surface area contributed by atoms with Crippen molar-refractivity contribution in [1.82, 2.24) is 20.2 Å². The predicted octanol–water partition coefficient (Wildman–Crippen LogP) is 4.13. The highest BCUT2D eigenvalue weighted by atomic mass is 16.2. The number of nitrogens with one attached hydrogen (secondary N) is 1. The number of likely N-dealkylation sites (tertiary alicyclic amines) is 1. The molecule has 1 fully saturated rings. The van der Waals surface area contributed by atoms with E-state index in [1.54, 1.807) is 36.9 Å². The molecule has 1 N–H and O–H groups in total. The third-order valence-electron chi connectivity index (χ3n) is 6.37. The number of nitrogens with zero attached hydrogens (tertiary/aromatic N) is 3. The molecule has 0 saturated carbocycles. The number of carbonyl (C=O) groups excluding carboxylic acids is 2. The second kappa shape index (κ2) is 9.94. The number of rotatable bonds is 6. The molecule has 2 amide bonds. The van der Waals surface area contributed by atoms with Crippen LogP contribution in [0.2, 0.25) is 0 Å². The molecule has 3 heterocycles. The molecule has 1 saturated heterocycles. The van der Waals surface area contributed by atoms with Crippen LogP contribution < -0.4 is 5.32 Å². The van der Waals surface area contributed by atoms with Crippen molar-refractivity contribution in [2.24, 2.45) is 5.41 Å². The van der Waals surface area contributed by atoms with Gasteiger partial charge in [-0.15, -0.1) is 0 Å². The Morgan fingerprint density at radius 3 is 2.18 bits per heavy atom. The lowest BCUT2D eigenvalue weighted by Crippen LogP contribution is -2.52. The fraction of sp³-hybridized carbons (Fsp3) is 0.333. The minimum atomic E-state index is -0.567. The van der Waals surface area contributed by atoms with Gasteiger partial charge in [-0.2, -0.15) is 0 Å². The highest BCUT2D eigenvalue weighted by Crippen LogP contribution is 2.38. The fourth-order valence-electron chi connectivity index (χ4n) is 4.57. The van der Waals surface area contributed by atoms with Crippen molar-refractivity contribution in [2.75, 3.05) is 13.1 Å². The van der Waals surface area contributed by atoms with Gasteiger partial charge >= 0.3 is 0 Å². The molecule has 0 bridgehead atoms. The summed E-state index contributed by atoms with van der Waals surface area (Å²) >= 11 is 0. The Morgan fingerprint density at radius 1 is 0.939 bits per heavy atom. The van der Waals surface area contributed by atoms with Crippen LogP contribution in [0.3, 0.4) is 0 Å². The maximum absolute atomic E-state index is 13.5. The normalized spacial score (nSPS) is 15.3. The summed E-state index contributed by atoms with van der Waals surface area (Å²) in [7, 11) is 0. The van der Waals surface area contributed by atoms with Crippen LogP contribution in [0.15, 0.2) is 73.3 Å². The molecule has 4 rings (SSSR count). The quantitative estimate of drug-likeness (QED) is 0.623. The summed E-state index contributed by atoms with van der Waals surface area (Å²) < 4.78 is 0. The van der Waals surface area contributed by atoms with Crippen LogP contribution in [0.5, 0.6) is 0 Å². The Hall–Kier alpha value is -3.54. The summed E-state index contributed by atoms with van der Waals surface area (Å²) in [5, 5.41) is 3.15. The first kappa shape index (κ1) is 22.6. The number of amides is 2. The summed E-state index contributed by atoms with van der Waals surface area (Å²) in [6, 6.07) is 15.8. The van der Waals surface area contributed by atoms with E-state index in [1.165, 1.54) is 0 Å². The number of benzene rings is 1. The summed E-state index contributed by atoms with van der Waals surface area (Å²) in [5.74, 6) is 0.0606. The van der Waals surface area contributed by atoms with Crippen molar-refractivity contribution >= 4 is 11.8 Å². The van der Waals surface area contributed by atoms with E-state index < -0.39 is 5.41 Å². The van der Waals surface area contributed by atoms with Gasteiger partial charge in [0.2, 0.25) is 5.91 Å². The lowest BCUT2D eigenvalue weighted by Gasteiger charge is -2.41. The number of pyridine rings is 2. The molecule has 0 spiro atoms. The van der Waals surface area contributed by atoms with E-state index in [-0.39, 0.29) is 17.9 Å². The minimum Gasteiger partial charge on any atom is -0.353 e. The van der Waals surface area contributed by atoms with Crippen LogP contribution in [-0.2, 0) is 11.2 Å². The molecule has 0 aliphatic carbocycles. The Kier molecular flexibility index (Phi) is 6.82. The van der Waals surface area contributed by atoms with E-state index in [2.05, 4.69) is 27.4 Å². The smallest absolute Gasteiger partial charge is 0.253 e. The lowest BCUT2D eigenvalue weighted by atomic mass is 9.71. The maximum atomic E-state index is 13.5. The summed E-state index contributed by atoms with van der Waals surface area (Å²) in [6.45, 7) is 5.06. The zero-order chi connectivity index (χ0) is 23.3. The van der Waals surface area contributed by atoms with E-state index in [9.17, 15) is 9.59 Å². The van der Waals surface area contributed by atoms with Gasteiger partial charge in [0, 0.05) is 49.5 Å². The standard InChI is InChI=1S/C27H30N4O2/c1-20(2)30-26(33)27(11-17-31(18-12-27)25(32)22-9-15-29-16-10-22)19-23-5-3-4-6-24(23)21-7-13-28-14-8-21/h3-10,13-16,20H,11-12,17-19H2,1-2H3,(H,30,33). The zero-order valence-electron chi connectivity index (χ0n) is 19.2. The molecule has 1 aliphatic heterocycles. The number of aromatic nitrogens is 2. The van der Waals surface area contributed by atoms with E-state index in [4.69, 9.17) is 0 Å². The first-order valence-corrected chi connectivity index (χ1v) is 11.5. The third-order valence-corrected chi connectivity index (χ3v) is 6.37. The Labute approximate surface area is 195 Å². The maximum Gasteiger partial charge on any atom is 0.253 e. The van der Waals surface area contributed by atoms with Gasteiger partial charge < -0.3 is 10.2 Å². The Balaban J connectivity index is 1.60. The van der Waals surface area contributed by atoms with Crippen molar-refractivity contribution < 1.29 is 9.59 Å². The first-order valence-electron chi connectivity index (χ1n) is 11.5. The molecule has 0 radical (unpaired) electrons. The molecule has 0 unspecified atom stereocenters. The van der Waals surface area contributed by atoms with Crippen LogP contribution in [-0.4, -0.2) is 45.8 Å². The zero-order valence-corrected chi connectivity index (χ0v) is 19.2. The summed E-state index contributed by atoms with van der Waals surface area (Å²) in [4.78, 5) is 36.4. The number of hydrogen-bond acceptors (Lipinski definition) is 4. The van der Waals surface area contributed by atoms with Crippen molar-refractivity contribution in [1.29, 1.82) is 0 Å². The SMILES string of the molecule is CC(C)NC(=O)C1(Cc2ccccc2-c2ccncc2)CCN(C(=O)c2ccncc2)CC1. The lowest BCUT2D eigenvalue weighted by molar-refractivity contribution is -0.134. The second-order valence-electron chi connectivity index (χ2n) is 9.01. The van der Waals surface area contributed by atoms with Crippen molar-refractivity contribution in [3.05, 3.63) is 84.4 Å². The molecule has 33 heavy (non-hydrogen) atoms. The van der Waals surface area contributed by atoms with Gasteiger partial charge in [0.15, 0.2) is 0 Å². The Bertz CT molecular complexity index is 1090. The van der Waals surface area contributed by atoms with Gasteiger partial charge in [-0.05, 0) is 74.1 Å². The van der Waals surface area contributed by atoms with Crippen LogP contribution in [0.4, 0.5) is 0 Å². The van der Waals surface area contributed by atoms with Crippen LogP contribution in [0.25, 0.3) is 11.1 Å². The molecular formula is C27H30N4O2. The van der Waals surface area contributed by atoms with Crippen LogP contribution >= 0.6 is 0 Å². The fourth-order valence-corrected chi connectivity index (χ4v) is 4.57. The minimum absolute atomic E-state index is 0.00699. The Morgan fingerprint density at radius 2 is 1.55 bits per heavy atom. The molecule has 1 aliphatic rings. The molecule has 3 aromatic rings. The van der Waals surface area contributed by atoms with Crippen molar-refractivity contribution in [3.8, 4) is 11.1 Å². The largest absolute Gasteiger partial charge is 0.353 e. The molecule has 6 nitrogen and oxygen atoms in total. The van der Waals surface area contributed by atoms with Gasteiger partial charge in [0.25, 0.3) is 5.91 Å². The third kappa shape index (κ3) is 5.11. The summed E-state index contributed by atoms with van der Waals surface area (Å²) in [5.41, 5.74) is 3.41. The van der Waals surface area contributed by atoms with Crippen molar-refractivity contribution in [3.63, 3.8) is 0 Å².